The quantitative estimate of drug-likeness (QED) is 0.786. The van der Waals surface area contributed by atoms with Crippen LogP contribution in [0.1, 0.15) is 33.1 Å². The summed E-state index contributed by atoms with van der Waals surface area (Å²) in [6.45, 7) is 3.35. The number of hydrogen-bond acceptors (Lipinski definition) is 2. The van der Waals surface area contributed by atoms with Gasteiger partial charge in [-0.25, -0.2) is 0 Å². The van der Waals surface area contributed by atoms with E-state index in [2.05, 4.69) is 11.7 Å². The molecule has 6 heteroatoms. The van der Waals surface area contributed by atoms with E-state index in [-0.39, 0.29) is 5.91 Å². The molecule has 0 unspecified atom stereocenters. The number of likely N-dealkylation sites (tertiary alicyclic amines) is 1. The second-order valence-corrected chi connectivity index (χ2v) is 4.93. The summed E-state index contributed by atoms with van der Waals surface area (Å²) in [7, 11) is 0. The molecule has 0 bridgehead atoms. The molecule has 0 aromatic rings. The normalized spacial score (nSPS) is 23.6. The Hall–Kier alpha value is -0.780. The van der Waals surface area contributed by atoms with Crippen molar-refractivity contribution in [1.29, 1.82) is 0 Å². The lowest BCUT2D eigenvalue weighted by molar-refractivity contribution is -0.188. The number of carbonyl (C=O) groups is 1. The minimum atomic E-state index is -4.39. The average Bonchev–Trinajstić information content (AvgIpc) is 2.49. The summed E-state index contributed by atoms with van der Waals surface area (Å²) in [5.74, 6) is 0.225. The molecule has 1 amide bonds. The van der Waals surface area contributed by atoms with Crippen molar-refractivity contribution in [2.45, 2.75) is 45.4 Å². The maximum Gasteiger partial charge on any atom is 0.411 e. The van der Waals surface area contributed by atoms with Crippen LogP contribution >= 0.6 is 0 Å². The SMILES string of the molecule is C[C@@H]1CCCN(C(=O)[C@@H](C)OCC(F)(F)F)CC1. The van der Waals surface area contributed by atoms with Gasteiger partial charge in [0, 0.05) is 13.1 Å². The fraction of sp³-hybridized carbons (Fsp3) is 0.917. The number of ether oxygens (including phenoxy) is 1. The third kappa shape index (κ3) is 5.25. The Labute approximate surface area is 105 Å². The Balaban J connectivity index is 2.42. The Bertz CT molecular complexity index is 281. The van der Waals surface area contributed by atoms with Crippen molar-refractivity contribution in [1.82, 2.24) is 4.90 Å². The van der Waals surface area contributed by atoms with Gasteiger partial charge in [0.15, 0.2) is 0 Å². The molecule has 106 valence electrons. The van der Waals surface area contributed by atoms with Gasteiger partial charge in [-0.05, 0) is 32.1 Å². The van der Waals surface area contributed by atoms with Crippen LogP contribution in [-0.4, -0.2) is 42.8 Å². The third-order valence-corrected chi connectivity index (χ3v) is 3.17. The summed E-state index contributed by atoms with van der Waals surface area (Å²) in [5, 5.41) is 0. The zero-order valence-electron chi connectivity index (χ0n) is 10.8. The summed E-state index contributed by atoms with van der Waals surface area (Å²) in [6, 6.07) is 0. The fourth-order valence-corrected chi connectivity index (χ4v) is 2.03. The maximum absolute atomic E-state index is 12.0. The highest BCUT2D eigenvalue weighted by Gasteiger charge is 2.31. The van der Waals surface area contributed by atoms with E-state index in [4.69, 9.17) is 0 Å². The Morgan fingerprint density at radius 2 is 2.06 bits per heavy atom. The van der Waals surface area contributed by atoms with Crippen molar-refractivity contribution in [2.75, 3.05) is 19.7 Å². The summed E-state index contributed by atoms with van der Waals surface area (Å²) in [4.78, 5) is 13.5. The molecule has 0 aromatic carbocycles. The van der Waals surface area contributed by atoms with Gasteiger partial charge in [0.2, 0.25) is 0 Å². The highest BCUT2D eigenvalue weighted by atomic mass is 19.4. The largest absolute Gasteiger partial charge is 0.411 e. The highest BCUT2D eigenvalue weighted by molar-refractivity contribution is 5.80. The Kier molecular flexibility index (Phi) is 5.44. The van der Waals surface area contributed by atoms with Gasteiger partial charge >= 0.3 is 6.18 Å². The van der Waals surface area contributed by atoms with Crippen LogP contribution in [0.25, 0.3) is 0 Å². The van der Waals surface area contributed by atoms with E-state index in [9.17, 15) is 18.0 Å². The molecule has 1 rings (SSSR count). The fourth-order valence-electron chi connectivity index (χ4n) is 2.03. The summed E-state index contributed by atoms with van der Waals surface area (Å²) in [6.07, 6.45) is -2.56. The van der Waals surface area contributed by atoms with Crippen molar-refractivity contribution in [2.24, 2.45) is 5.92 Å². The van der Waals surface area contributed by atoms with Gasteiger partial charge in [0.05, 0.1) is 0 Å². The highest BCUT2D eigenvalue weighted by Crippen LogP contribution is 2.19. The first-order valence-corrected chi connectivity index (χ1v) is 6.26. The van der Waals surface area contributed by atoms with Gasteiger partial charge in [-0.1, -0.05) is 6.92 Å². The van der Waals surface area contributed by atoms with Gasteiger partial charge in [0.25, 0.3) is 5.91 Å². The van der Waals surface area contributed by atoms with E-state index in [1.54, 1.807) is 4.90 Å². The van der Waals surface area contributed by atoms with E-state index in [0.29, 0.717) is 19.0 Å². The zero-order chi connectivity index (χ0) is 13.8. The van der Waals surface area contributed by atoms with Crippen molar-refractivity contribution in [3.05, 3.63) is 0 Å². The van der Waals surface area contributed by atoms with E-state index >= 15 is 0 Å². The molecule has 18 heavy (non-hydrogen) atoms. The lowest BCUT2D eigenvalue weighted by Gasteiger charge is -2.24. The first kappa shape index (κ1) is 15.3. The number of halogens is 3. The minimum absolute atomic E-state index is 0.339. The van der Waals surface area contributed by atoms with Crippen LogP contribution in [0.4, 0.5) is 13.2 Å². The molecule has 3 nitrogen and oxygen atoms in total. The zero-order valence-corrected chi connectivity index (χ0v) is 10.8. The van der Waals surface area contributed by atoms with Crippen molar-refractivity contribution >= 4 is 5.91 Å². The molecule has 0 aromatic heterocycles. The van der Waals surface area contributed by atoms with Crippen LogP contribution in [0.3, 0.4) is 0 Å². The molecule has 1 fully saturated rings. The predicted octanol–water partition coefficient (Wildman–Crippen LogP) is 2.60. The van der Waals surface area contributed by atoms with Crippen molar-refractivity contribution < 1.29 is 22.7 Å². The molecule has 1 aliphatic rings. The second-order valence-electron chi connectivity index (χ2n) is 4.93. The lowest BCUT2D eigenvalue weighted by Crippen LogP contribution is -2.40. The Morgan fingerprint density at radius 1 is 1.39 bits per heavy atom. The number of carbonyl (C=O) groups excluding carboxylic acids is 1. The number of nitrogens with zero attached hydrogens (tertiary/aromatic N) is 1. The monoisotopic (exact) mass is 267 g/mol. The first-order chi connectivity index (χ1) is 8.29. The van der Waals surface area contributed by atoms with Gasteiger partial charge in [-0.3, -0.25) is 4.79 Å². The molecule has 0 aliphatic carbocycles. The standard InChI is InChI=1S/C12H20F3NO2/c1-9-4-3-6-16(7-5-9)11(17)10(2)18-8-12(13,14)15/h9-10H,3-8H2,1-2H3/t9-,10-/m1/s1. The van der Waals surface area contributed by atoms with Crippen LogP contribution in [-0.2, 0) is 9.53 Å². The molecule has 1 heterocycles. The predicted molar refractivity (Wildman–Crippen MR) is 61.1 cm³/mol. The molecule has 1 aliphatic heterocycles. The molecule has 0 saturated carbocycles. The van der Waals surface area contributed by atoms with Crippen LogP contribution in [0.2, 0.25) is 0 Å². The van der Waals surface area contributed by atoms with E-state index in [1.807, 2.05) is 0 Å². The van der Waals surface area contributed by atoms with Crippen LogP contribution in [0.15, 0.2) is 0 Å². The molecule has 0 spiro atoms. The summed E-state index contributed by atoms with van der Waals surface area (Å²) >= 11 is 0. The van der Waals surface area contributed by atoms with Gasteiger partial charge in [-0.15, -0.1) is 0 Å². The van der Waals surface area contributed by atoms with E-state index in [1.165, 1.54) is 6.92 Å². The Morgan fingerprint density at radius 3 is 2.67 bits per heavy atom. The van der Waals surface area contributed by atoms with E-state index < -0.39 is 18.9 Å². The number of hydrogen-bond donors (Lipinski definition) is 0. The molecule has 2 atom stereocenters. The lowest BCUT2D eigenvalue weighted by atomic mass is 10.0. The molecule has 0 N–H and O–H groups in total. The topological polar surface area (TPSA) is 29.5 Å². The van der Waals surface area contributed by atoms with Gasteiger partial charge in [0.1, 0.15) is 12.7 Å². The first-order valence-electron chi connectivity index (χ1n) is 6.26. The summed E-state index contributed by atoms with van der Waals surface area (Å²) < 4.78 is 40.5. The minimum Gasteiger partial charge on any atom is -0.359 e. The molecular formula is C12H20F3NO2. The average molecular weight is 267 g/mol. The number of amides is 1. The van der Waals surface area contributed by atoms with Crippen molar-refractivity contribution in [3.63, 3.8) is 0 Å². The van der Waals surface area contributed by atoms with Crippen LogP contribution in [0.5, 0.6) is 0 Å². The smallest absolute Gasteiger partial charge is 0.359 e. The third-order valence-electron chi connectivity index (χ3n) is 3.17. The second kappa shape index (κ2) is 6.41. The number of rotatable bonds is 3. The number of alkyl halides is 3. The maximum atomic E-state index is 12.0. The molecule has 0 radical (unpaired) electrons. The van der Waals surface area contributed by atoms with Gasteiger partial charge < -0.3 is 9.64 Å². The van der Waals surface area contributed by atoms with E-state index in [0.717, 1.165) is 19.3 Å². The molecular weight excluding hydrogens is 247 g/mol. The van der Waals surface area contributed by atoms with Gasteiger partial charge in [-0.2, -0.15) is 13.2 Å². The van der Waals surface area contributed by atoms with Crippen LogP contribution in [0, 0.1) is 5.92 Å². The van der Waals surface area contributed by atoms with Crippen LogP contribution < -0.4 is 0 Å². The van der Waals surface area contributed by atoms with Crippen molar-refractivity contribution in [3.8, 4) is 0 Å². The summed E-state index contributed by atoms with van der Waals surface area (Å²) in [5.41, 5.74) is 0. The molecule has 1 saturated heterocycles.